The van der Waals surface area contributed by atoms with Gasteiger partial charge in [0.2, 0.25) is 0 Å². The van der Waals surface area contributed by atoms with Crippen molar-refractivity contribution in [3.05, 3.63) is 0 Å². The monoisotopic (exact) mass is 265 g/mol. The zero-order valence-electron chi connectivity index (χ0n) is 11.0. The molecule has 0 amide bonds. The lowest BCUT2D eigenvalue weighted by molar-refractivity contribution is -0.180. The second kappa shape index (κ2) is 10.7. The Bertz CT molecular complexity index is 167. The van der Waals surface area contributed by atoms with Crippen LogP contribution in [0.5, 0.6) is 0 Å². The average molecular weight is 265 g/mol. The summed E-state index contributed by atoms with van der Waals surface area (Å²) >= 11 is 0. The highest BCUT2D eigenvalue weighted by molar-refractivity contribution is 4.69. The Morgan fingerprint density at radius 2 is 1.11 bits per heavy atom. The predicted octanol–water partition coefficient (Wildman–Crippen LogP) is -1.10. The lowest BCUT2D eigenvalue weighted by atomic mass is 9.95. The predicted molar refractivity (Wildman–Crippen MR) is 68.0 cm³/mol. The minimum absolute atomic E-state index is 0.0694. The summed E-state index contributed by atoms with van der Waals surface area (Å²) in [7, 11) is 0. The van der Waals surface area contributed by atoms with Crippen molar-refractivity contribution < 1.29 is 25.5 Å². The van der Waals surface area contributed by atoms with Gasteiger partial charge in [-0.3, -0.25) is 4.90 Å². The van der Waals surface area contributed by atoms with Crippen LogP contribution >= 0.6 is 0 Å². The van der Waals surface area contributed by atoms with E-state index in [1.807, 2.05) is 0 Å². The van der Waals surface area contributed by atoms with Crippen molar-refractivity contribution in [3.8, 4) is 0 Å². The van der Waals surface area contributed by atoms with Crippen LogP contribution in [0.15, 0.2) is 0 Å². The Kier molecular flexibility index (Phi) is 10.5. The lowest BCUT2D eigenvalue weighted by Crippen LogP contribution is -2.32. The summed E-state index contributed by atoms with van der Waals surface area (Å²) in [5.74, 6) is -1.32. The normalized spacial score (nSPS) is 18.3. The first kappa shape index (κ1) is 17.8. The van der Waals surface area contributed by atoms with Crippen LogP contribution in [0.1, 0.15) is 32.1 Å². The molecule has 1 aliphatic rings. The molecule has 0 radical (unpaired) electrons. The summed E-state index contributed by atoms with van der Waals surface area (Å²) in [6, 6.07) is 0. The van der Waals surface area contributed by atoms with Crippen molar-refractivity contribution in [3.63, 3.8) is 0 Å². The quantitative estimate of drug-likeness (QED) is 0.390. The molecule has 0 heterocycles. The Balaban J connectivity index is 0.000000327. The summed E-state index contributed by atoms with van der Waals surface area (Å²) in [6.45, 7) is 1.75. The van der Waals surface area contributed by atoms with E-state index < -0.39 is 5.79 Å². The van der Waals surface area contributed by atoms with Crippen LogP contribution in [-0.4, -0.2) is 75.7 Å². The molecule has 0 atom stereocenters. The molecule has 0 aromatic heterocycles. The highest BCUT2D eigenvalue weighted by Gasteiger charge is 2.24. The fourth-order valence-corrected chi connectivity index (χ4v) is 1.88. The molecule has 18 heavy (non-hydrogen) atoms. The number of rotatable bonds is 6. The minimum Gasteiger partial charge on any atom is -0.395 e. The van der Waals surface area contributed by atoms with E-state index in [9.17, 15) is 0 Å². The maximum absolute atomic E-state index is 8.93. The van der Waals surface area contributed by atoms with E-state index in [1.165, 1.54) is 0 Å². The summed E-state index contributed by atoms with van der Waals surface area (Å²) in [6.07, 6.45) is 4.21. The van der Waals surface area contributed by atoms with E-state index in [4.69, 9.17) is 25.5 Å². The number of aliphatic hydroxyl groups excluding tert-OH is 3. The molecule has 1 aliphatic carbocycles. The second-order valence-corrected chi connectivity index (χ2v) is 4.56. The van der Waals surface area contributed by atoms with Crippen molar-refractivity contribution in [1.29, 1.82) is 0 Å². The zero-order chi connectivity index (χ0) is 13.9. The van der Waals surface area contributed by atoms with Crippen molar-refractivity contribution in [2.45, 2.75) is 37.9 Å². The molecule has 5 N–H and O–H groups in total. The molecule has 6 heteroatoms. The maximum atomic E-state index is 8.93. The fraction of sp³-hybridized carbons (Fsp3) is 1.00. The van der Waals surface area contributed by atoms with Gasteiger partial charge in [0, 0.05) is 32.5 Å². The van der Waals surface area contributed by atoms with E-state index in [0.29, 0.717) is 32.5 Å². The van der Waals surface area contributed by atoms with Crippen LogP contribution in [0.4, 0.5) is 0 Å². The first-order chi connectivity index (χ1) is 8.55. The van der Waals surface area contributed by atoms with E-state index in [0.717, 1.165) is 19.3 Å². The zero-order valence-corrected chi connectivity index (χ0v) is 11.0. The molecule has 0 bridgehead atoms. The lowest BCUT2D eigenvalue weighted by Gasteiger charge is -2.25. The summed E-state index contributed by atoms with van der Waals surface area (Å²) < 4.78 is 0. The molecule has 110 valence electrons. The van der Waals surface area contributed by atoms with E-state index in [1.54, 1.807) is 4.90 Å². The number of nitrogens with zero attached hydrogens (tertiary/aromatic N) is 1. The first-order valence-electron chi connectivity index (χ1n) is 6.55. The molecule has 1 rings (SSSR count). The van der Waals surface area contributed by atoms with Crippen LogP contribution in [0.2, 0.25) is 0 Å². The second-order valence-electron chi connectivity index (χ2n) is 4.56. The standard InChI is InChI=1S/C6H15NO3.C6H12O2/c8-4-1-7(2-5-9)3-6-10;7-6(8)4-2-1-3-5-6/h8-10H,1-6H2;7-8H,1-5H2. The molecule has 0 saturated heterocycles. The third kappa shape index (κ3) is 9.76. The highest BCUT2D eigenvalue weighted by Crippen LogP contribution is 2.24. The van der Waals surface area contributed by atoms with Crippen LogP contribution in [0.3, 0.4) is 0 Å². The largest absolute Gasteiger partial charge is 0.395 e. The molecule has 6 nitrogen and oxygen atoms in total. The van der Waals surface area contributed by atoms with Crippen LogP contribution < -0.4 is 0 Å². The smallest absolute Gasteiger partial charge is 0.162 e. The molecule has 1 saturated carbocycles. The minimum atomic E-state index is -1.32. The van der Waals surface area contributed by atoms with Gasteiger partial charge in [-0.25, -0.2) is 0 Å². The number of hydrogen-bond donors (Lipinski definition) is 5. The van der Waals surface area contributed by atoms with Gasteiger partial charge in [-0.05, 0) is 12.8 Å². The van der Waals surface area contributed by atoms with Gasteiger partial charge in [-0.2, -0.15) is 0 Å². The van der Waals surface area contributed by atoms with Gasteiger partial charge in [0.15, 0.2) is 5.79 Å². The Morgan fingerprint density at radius 3 is 1.33 bits per heavy atom. The van der Waals surface area contributed by atoms with Gasteiger partial charge < -0.3 is 25.5 Å². The van der Waals surface area contributed by atoms with Crippen LogP contribution in [0, 0.1) is 0 Å². The van der Waals surface area contributed by atoms with Gasteiger partial charge in [-0.15, -0.1) is 0 Å². The number of aliphatic hydroxyl groups is 5. The van der Waals surface area contributed by atoms with Gasteiger partial charge in [0.05, 0.1) is 19.8 Å². The van der Waals surface area contributed by atoms with Gasteiger partial charge in [-0.1, -0.05) is 6.42 Å². The molecule has 0 aromatic carbocycles. The SMILES string of the molecule is OC1(O)CCCCC1.OCCN(CCO)CCO. The Morgan fingerprint density at radius 1 is 0.722 bits per heavy atom. The number of hydrogen-bond acceptors (Lipinski definition) is 6. The van der Waals surface area contributed by atoms with Crippen LogP contribution in [-0.2, 0) is 0 Å². The molecular formula is C12H27NO5. The van der Waals surface area contributed by atoms with Crippen molar-refractivity contribution in [1.82, 2.24) is 4.90 Å². The first-order valence-corrected chi connectivity index (χ1v) is 6.55. The van der Waals surface area contributed by atoms with Crippen molar-refractivity contribution in [2.75, 3.05) is 39.5 Å². The van der Waals surface area contributed by atoms with Crippen LogP contribution in [0.25, 0.3) is 0 Å². The van der Waals surface area contributed by atoms with Gasteiger partial charge >= 0.3 is 0 Å². The molecule has 0 aliphatic heterocycles. The maximum Gasteiger partial charge on any atom is 0.162 e. The molecule has 0 spiro atoms. The summed E-state index contributed by atoms with van der Waals surface area (Å²) in [5.41, 5.74) is 0. The molecule has 1 fully saturated rings. The van der Waals surface area contributed by atoms with E-state index in [2.05, 4.69) is 0 Å². The Labute approximate surface area is 108 Å². The summed E-state index contributed by atoms with van der Waals surface area (Å²) in [4.78, 5) is 1.79. The van der Waals surface area contributed by atoms with E-state index >= 15 is 0 Å². The fourth-order valence-electron chi connectivity index (χ4n) is 1.88. The third-order valence-corrected chi connectivity index (χ3v) is 2.90. The third-order valence-electron chi connectivity index (χ3n) is 2.90. The van der Waals surface area contributed by atoms with Gasteiger partial charge in [0.25, 0.3) is 0 Å². The Hall–Kier alpha value is -0.240. The topological polar surface area (TPSA) is 104 Å². The average Bonchev–Trinajstić information content (AvgIpc) is 2.30. The summed E-state index contributed by atoms with van der Waals surface area (Å²) in [5, 5.41) is 43.3. The van der Waals surface area contributed by atoms with E-state index in [-0.39, 0.29) is 19.8 Å². The van der Waals surface area contributed by atoms with Crippen molar-refractivity contribution in [2.24, 2.45) is 0 Å². The molecule has 0 unspecified atom stereocenters. The van der Waals surface area contributed by atoms with Crippen molar-refractivity contribution >= 4 is 0 Å². The highest BCUT2D eigenvalue weighted by atomic mass is 16.5. The van der Waals surface area contributed by atoms with Gasteiger partial charge in [0.1, 0.15) is 0 Å². The molecule has 0 aromatic rings. The molecular weight excluding hydrogens is 238 g/mol.